The number of aromatic nitrogens is 3. The fourth-order valence-corrected chi connectivity index (χ4v) is 3.13. The van der Waals surface area contributed by atoms with Crippen molar-refractivity contribution in [1.29, 1.82) is 0 Å². The normalized spacial score (nSPS) is 12.4. The number of nitrogens with zero attached hydrogens (tertiary/aromatic N) is 3. The molecule has 2 aromatic carbocycles. The van der Waals surface area contributed by atoms with E-state index in [1.807, 2.05) is 24.3 Å². The largest absolute Gasteiger partial charge is 0.454 e. The van der Waals surface area contributed by atoms with Gasteiger partial charge in [0.1, 0.15) is 11.6 Å². The monoisotopic (exact) mass is 377 g/mol. The molecule has 0 N–H and O–H groups in total. The zero-order valence-electron chi connectivity index (χ0n) is 14.5. The second kappa shape index (κ2) is 6.45. The van der Waals surface area contributed by atoms with Crippen LogP contribution in [0.25, 0.3) is 28.3 Å². The molecule has 0 aliphatic carbocycles. The molecule has 0 bridgehead atoms. The van der Waals surface area contributed by atoms with Gasteiger partial charge in [-0.15, -0.1) is 0 Å². The Morgan fingerprint density at radius 2 is 1.79 bits per heavy atom. The number of halogens is 2. The van der Waals surface area contributed by atoms with Crippen LogP contribution in [-0.4, -0.2) is 21.6 Å². The number of hydrogen-bond donors (Lipinski definition) is 0. The zero-order chi connectivity index (χ0) is 19.1. The van der Waals surface area contributed by atoms with Gasteiger partial charge < -0.3 is 9.47 Å². The lowest BCUT2D eigenvalue weighted by atomic mass is 10.1. The van der Waals surface area contributed by atoms with Gasteiger partial charge in [-0.05, 0) is 48.5 Å². The Bertz CT molecular complexity index is 1180. The second-order valence-electron chi connectivity index (χ2n) is 6.21. The van der Waals surface area contributed by atoms with Crippen LogP contribution < -0.4 is 9.47 Å². The summed E-state index contributed by atoms with van der Waals surface area (Å²) in [5.41, 5.74) is 2.07. The number of rotatable bonds is 3. The third kappa shape index (κ3) is 2.77. The van der Waals surface area contributed by atoms with E-state index in [-0.39, 0.29) is 12.4 Å². The van der Waals surface area contributed by atoms with Crippen molar-refractivity contribution in [2.75, 3.05) is 6.79 Å². The molecule has 0 amide bonds. The maximum atomic E-state index is 14.3. The molecule has 5 nitrogen and oxygen atoms in total. The lowest BCUT2D eigenvalue weighted by Crippen LogP contribution is -2.01. The van der Waals surface area contributed by atoms with Gasteiger partial charge in [0.25, 0.3) is 0 Å². The van der Waals surface area contributed by atoms with Crippen molar-refractivity contribution in [2.24, 2.45) is 0 Å². The molecular weight excluding hydrogens is 364 g/mol. The minimum Gasteiger partial charge on any atom is -0.454 e. The molecule has 0 saturated carbocycles. The van der Waals surface area contributed by atoms with Crippen molar-refractivity contribution in [2.45, 2.75) is 0 Å². The molecule has 7 heteroatoms. The van der Waals surface area contributed by atoms with Crippen molar-refractivity contribution in [3.63, 3.8) is 0 Å². The molecule has 0 radical (unpaired) electrons. The van der Waals surface area contributed by atoms with Crippen LogP contribution in [0, 0.1) is 11.6 Å². The summed E-state index contributed by atoms with van der Waals surface area (Å²) in [7, 11) is 0. The predicted octanol–water partition coefficient (Wildman–Crippen LogP) is 4.61. The third-order valence-electron chi connectivity index (χ3n) is 4.45. The minimum atomic E-state index is -0.678. The summed E-state index contributed by atoms with van der Waals surface area (Å²) in [6, 6.07) is 16.1. The summed E-state index contributed by atoms with van der Waals surface area (Å²) >= 11 is 0. The van der Waals surface area contributed by atoms with Gasteiger partial charge in [0.2, 0.25) is 6.79 Å². The highest BCUT2D eigenvalue weighted by Gasteiger charge is 2.19. The van der Waals surface area contributed by atoms with Crippen molar-refractivity contribution in [3.8, 4) is 39.8 Å². The summed E-state index contributed by atoms with van der Waals surface area (Å²) in [4.78, 5) is 4.34. The van der Waals surface area contributed by atoms with Crippen molar-refractivity contribution in [3.05, 3.63) is 78.5 Å². The number of ether oxygens (including phenoxy) is 2. The van der Waals surface area contributed by atoms with Gasteiger partial charge in [-0.2, -0.15) is 5.10 Å². The van der Waals surface area contributed by atoms with E-state index < -0.39 is 11.6 Å². The van der Waals surface area contributed by atoms with Gasteiger partial charge in [0, 0.05) is 23.4 Å². The maximum Gasteiger partial charge on any atom is 0.231 e. The zero-order valence-corrected chi connectivity index (χ0v) is 14.5. The van der Waals surface area contributed by atoms with E-state index in [1.165, 1.54) is 12.1 Å². The Balaban J connectivity index is 1.70. The van der Waals surface area contributed by atoms with E-state index >= 15 is 0 Å². The SMILES string of the molecule is Fc1ccc(-c2cc(-c3ccc4c(c3)OCO4)n(-c3ccccn3)n2)c(F)c1. The lowest BCUT2D eigenvalue weighted by molar-refractivity contribution is 0.174. The second-order valence-corrected chi connectivity index (χ2v) is 6.21. The number of fused-ring (bicyclic) bond motifs is 1. The molecule has 3 heterocycles. The van der Waals surface area contributed by atoms with Gasteiger partial charge in [0.15, 0.2) is 17.3 Å². The van der Waals surface area contributed by atoms with Crippen LogP contribution in [0.3, 0.4) is 0 Å². The molecule has 1 aliphatic heterocycles. The summed E-state index contributed by atoms with van der Waals surface area (Å²) in [5.74, 6) is 0.548. The number of pyridine rings is 1. The van der Waals surface area contributed by atoms with Crippen LogP contribution >= 0.6 is 0 Å². The van der Waals surface area contributed by atoms with Crippen LogP contribution in [0.15, 0.2) is 66.9 Å². The summed E-state index contributed by atoms with van der Waals surface area (Å²) < 4.78 is 40.1. The molecule has 0 unspecified atom stereocenters. The van der Waals surface area contributed by atoms with Crippen LogP contribution in [0.5, 0.6) is 11.5 Å². The molecular formula is C21H13F2N3O2. The average Bonchev–Trinajstić information content (AvgIpc) is 3.35. The average molecular weight is 377 g/mol. The Morgan fingerprint density at radius 1 is 0.893 bits per heavy atom. The highest BCUT2D eigenvalue weighted by Crippen LogP contribution is 2.37. The maximum absolute atomic E-state index is 14.3. The minimum absolute atomic E-state index is 0.171. The summed E-state index contributed by atoms with van der Waals surface area (Å²) in [5, 5.41) is 4.53. The molecule has 1 aliphatic rings. The first-order valence-electron chi connectivity index (χ1n) is 8.56. The van der Waals surface area contributed by atoms with Gasteiger partial charge in [0.05, 0.1) is 11.4 Å². The van der Waals surface area contributed by atoms with E-state index in [2.05, 4.69) is 10.1 Å². The first kappa shape index (κ1) is 16.4. The van der Waals surface area contributed by atoms with E-state index in [0.717, 1.165) is 11.6 Å². The molecule has 0 saturated heterocycles. The summed E-state index contributed by atoms with van der Waals surface area (Å²) in [6.45, 7) is 0.171. The quantitative estimate of drug-likeness (QED) is 0.523. The molecule has 4 aromatic rings. The Labute approximate surface area is 158 Å². The van der Waals surface area contributed by atoms with Gasteiger partial charge in [-0.3, -0.25) is 0 Å². The smallest absolute Gasteiger partial charge is 0.231 e. The first-order valence-corrected chi connectivity index (χ1v) is 8.56. The van der Waals surface area contributed by atoms with Crippen LogP contribution in [0.1, 0.15) is 0 Å². The van der Waals surface area contributed by atoms with E-state index in [1.54, 1.807) is 29.1 Å². The van der Waals surface area contributed by atoms with Gasteiger partial charge in [-0.25, -0.2) is 18.4 Å². The molecule has 0 fully saturated rings. The molecule has 138 valence electrons. The Kier molecular flexibility index (Phi) is 3.79. The highest BCUT2D eigenvalue weighted by atomic mass is 19.1. The van der Waals surface area contributed by atoms with Crippen LogP contribution in [-0.2, 0) is 0 Å². The van der Waals surface area contributed by atoms with Crippen molar-refractivity contribution >= 4 is 0 Å². The fourth-order valence-electron chi connectivity index (χ4n) is 3.13. The van der Waals surface area contributed by atoms with Crippen LogP contribution in [0.2, 0.25) is 0 Å². The van der Waals surface area contributed by atoms with E-state index in [4.69, 9.17) is 9.47 Å². The Morgan fingerprint density at radius 3 is 2.61 bits per heavy atom. The van der Waals surface area contributed by atoms with Crippen molar-refractivity contribution in [1.82, 2.24) is 14.8 Å². The predicted molar refractivity (Wildman–Crippen MR) is 98.3 cm³/mol. The third-order valence-corrected chi connectivity index (χ3v) is 4.45. The first-order chi connectivity index (χ1) is 13.7. The standard InChI is InChI=1S/C21H13F2N3O2/c22-14-5-6-15(16(23)10-14)17-11-18(26(25-17)21-3-1-2-8-24-21)13-4-7-19-20(9-13)28-12-27-19/h1-11H,12H2. The lowest BCUT2D eigenvalue weighted by Gasteiger charge is -2.07. The number of hydrogen-bond acceptors (Lipinski definition) is 4. The molecule has 28 heavy (non-hydrogen) atoms. The Hall–Kier alpha value is -3.74. The topological polar surface area (TPSA) is 49.2 Å². The van der Waals surface area contributed by atoms with Crippen LogP contribution in [0.4, 0.5) is 8.78 Å². The summed E-state index contributed by atoms with van der Waals surface area (Å²) in [6.07, 6.45) is 1.65. The van der Waals surface area contributed by atoms with Gasteiger partial charge in [-0.1, -0.05) is 6.07 Å². The molecule has 0 atom stereocenters. The molecule has 5 rings (SSSR count). The van der Waals surface area contributed by atoms with E-state index in [9.17, 15) is 8.78 Å². The number of benzene rings is 2. The highest BCUT2D eigenvalue weighted by molar-refractivity contribution is 5.72. The van der Waals surface area contributed by atoms with Crippen molar-refractivity contribution < 1.29 is 18.3 Å². The fraction of sp³-hybridized carbons (Fsp3) is 0.0476. The molecule has 2 aromatic heterocycles. The molecule has 0 spiro atoms. The van der Waals surface area contributed by atoms with Gasteiger partial charge >= 0.3 is 0 Å². The van der Waals surface area contributed by atoms with E-state index in [0.29, 0.717) is 28.7 Å².